The van der Waals surface area contributed by atoms with Crippen molar-refractivity contribution < 1.29 is 14.6 Å². The lowest BCUT2D eigenvalue weighted by Crippen LogP contribution is -2.41. The van der Waals surface area contributed by atoms with Gasteiger partial charge in [0.2, 0.25) is 5.88 Å². The van der Waals surface area contributed by atoms with Gasteiger partial charge in [0.25, 0.3) is 5.91 Å². The summed E-state index contributed by atoms with van der Waals surface area (Å²) in [5.74, 6) is 1.53. The van der Waals surface area contributed by atoms with Gasteiger partial charge in [0.15, 0.2) is 0 Å². The minimum absolute atomic E-state index is 0.0841. The predicted molar refractivity (Wildman–Crippen MR) is 145 cm³/mol. The molecule has 0 aliphatic carbocycles. The molecule has 1 unspecified atom stereocenters. The number of imidazole rings is 1. The number of rotatable bonds is 8. The highest BCUT2D eigenvalue weighted by Crippen LogP contribution is 2.35. The van der Waals surface area contributed by atoms with Crippen LogP contribution in [0.25, 0.3) is 33.5 Å². The van der Waals surface area contributed by atoms with Gasteiger partial charge < -0.3 is 25.0 Å². The van der Waals surface area contributed by atoms with E-state index in [1.54, 1.807) is 25.4 Å². The molecule has 8 heteroatoms. The van der Waals surface area contributed by atoms with Crippen LogP contribution in [0.3, 0.4) is 0 Å². The number of methoxy groups -OCH3 is 1. The van der Waals surface area contributed by atoms with Gasteiger partial charge in [0.05, 0.1) is 23.7 Å². The SMILES string of the molecule is CCCN1CCCC(CNC(=O)c2ccc3nc(-c4cc(-c5cccnc5OC)ccc4O)[nH]c3c2)C1. The Morgan fingerprint density at radius 1 is 1.22 bits per heavy atom. The topological polar surface area (TPSA) is 103 Å². The monoisotopic (exact) mass is 499 g/mol. The molecule has 1 amide bonds. The number of pyridine rings is 1. The van der Waals surface area contributed by atoms with E-state index in [0.717, 1.165) is 54.6 Å². The molecule has 1 atom stereocenters. The number of carbonyl (C=O) groups is 1. The summed E-state index contributed by atoms with van der Waals surface area (Å²) in [4.78, 5) is 27.6. The molecule has 8 nitrogen and oxygen atoms in total. The smallest absolute Gasteiger partial charge is 0.251 e. The number of likely N-dealkylation sites (tertiary alicyclic amines) is 1. The summed E-state index contributed by atoms with van der Waals surface area (Å²) in [5.41, 5.74) is 4.26. The molecule has 2 aromatic heterocycles. The molecular formula is C29H33N5O3. The van der Waals surface area contributed by atoms with Crippen molar-refractivity contribution in [2.75, 3.05) is 33.3 Å². The number of hydrogen-bond donors (Lipinski definition) is 3. The number of carbonyl (C=O) groups excluding carboxylic acids is 1. The Bertz CT molecular complexity index is 1400. The second kappa shape index (κ2) is 11.0. The van der Waals surface area contributed by atoms with Crippen molar-refractivity contribution in [2.24, 2.45) is 5.92 Å². The third kappa shape index (κ3) is 5.44. The summed E-state index contributed by atoms with van der Waals surface area (Å²) in [6.07, 6.45) is 5.17. The van der Waals surface area contributed by atoms with Gasteiger partial charge in [-0.1, -0.05) is 13.0 Å². The second-order valence-corrected chi connectivity index (χ2v) is 9.63. The number of aromatic amines is 1. The molecule has 1 aliphatic heterocycles. The highest BCUT2D eigenvalue weighted by atomic mass is 16.5. The van der Waals surface area contributed by atoms with E-state index in [-0.39, 0.29) is 11.7 Å². The normalized spacial score (nSPS) is 16.1. The van der Waals surface area contributed by atoms with Crippen LogP contribution < -0.4 is 10.1 Å². The number of piperidine rings is 1. The molecule has 3 heterocycles. The van der Waals surface area contributed by atoms with Crippen molar-refractivity contribution in [1.29, 1.82) is 0 Å². The van der Waals surface area contributed by atoms with E-state index in [1.165, 1.54) is 6.42 Å². The molecule has 0 radical (unpaired) electrons. The lowest BCUT2D eigenvalue weighted by atomic mass is 9.97. The third-order valence-corrected chi connectivity index (χ3v) is 6.97. The first-order chi connectivity index (χ1) is 18.1. The van der Waals surface area contributed by atoms with Crippen molar-refractivity contribution in [1.82, 2.24) is 25.2 Å². The number of H-pyrrole nitrogens is 1. The van der Waals surface area contributed by atoms with Crippen LogP contribution in [0.2, 0.25) is 0 Å². The molecule has 0 saturated carbocycles. The van der Waals surface area contributed by atoms with Crippen molar-refractivity contribution >= 4 is 16.9 Å². The minimum atomic E-state index is -0.0841. The molecule has 1 aliphatic rings. The first kappa shape index (κ1) is 24.8. The molecule has 0 spiro atoms. The molecule has 37 heavy (non-hydrogen) atoms. The number of nitrogens with zero attached hydrogens (tertiary/aromatic N) is 3. The molecule has 1 saturated heterocycles. The van der Waals surface area contributed by atoms with E-state index in [0.29, 0.717) is 35.3 Å². The number of phenols is 1. The van der Waals surface area contributed by atoms with Crippen LogP contribution in [0.1, 0.15) is 36.5 Å². The number of nitrogens with one attached hydrogen (secondary N) is 2. The van der Waals surface area contributed by atoms with Crippen molar-refractivity contribution in [2.45, 2.75) is 26.2 Å². The van der Waals surface area contributed by atoms with Crippen molar-refractivity contribution in [3.8, 4) is 34.1 Å². The number of phenolic OH excluding ortho intramolecular Hbond substituents is 1. The minimum Gasteiger partial charge on any atom is -0.507 e. The maximum Gasteiger partial charge on any atom is 0.251 e. The third-order valence-electron chi connectivity index (χ3n) is 6.97. The largest absolute Gasteiger partial charge is 0.507 e. The fourth-order valence-electron chi connectivity index (χ4n) is 5.12. The van der Waals surface area contributed by atoms with Gasteiger partial charge >= 0.3 is 0 Å². The van der Waals surface area contributed by atoms with Crippen molar-refractivity contribution in [3.63, 3.8) is 0 Å². The highest BCUT2D eigenvalue weighted by molar-refractivity contribution is 5.97. The first-order valence-corrected chi connectivity index (χ1v) is 12.9. The number of aromatic nitrogens is 3. The summed E-state index contributed by atoms with van der Waals surface area (Å²) in [7, 11) is 1.58. The number of ether oxygens (including phenoxy) is 1. The lowest BCUT2D eigenvalue weighted by molar-refractivity contribution is 0.0932. The Balaban J connectivity index is 1.34. The van der Waals surface area contributed by atoms with Crippen LogP contribution in [0.4, 0.5) is 0 Å². The summed E-state index contributed by atoms with van der Waals surface area (Å²) in [5, 5.41) is 13.7. The molecule has 5 rings (SSSR count). The van der Waals surface area contributed by atoms with E-state index < -0.39 is 0 Å². The first-order valence-electron chi connectivity index (χ1n) is 12.9. The van der Waals surface area contributed by atoms with Gasteiger partial charge in [0, 0.05) is 30.4 Å². The predicted octanol–water partition coefficient (Wildman–Crippen LogP) is 4.86. The van der Waals surface area contributed by atoms with Crippen LogP contribution in [0.15, 0.2) is 54.7 Å². The molecule has 192 valence electrons. The zero-order valence-electron chi connectivity index (χ0n) is 21.3. The van der Waals surface area contributed by atoms with Crippen molar-refractivity contribution in [3.05, 3.63) is 60.3 Å². The van der Waals surface area contributed by atoms with Gasteiger partial charge in [-0.25, -0.2) is 9.97 Å². The van der Waals surface area contributed by atoms with E-state index >= 15 is 0 Å². The fraction of sp³-hybridized carbons (Fsp3) is 0.345. The number of fused-ring (bicyclic) bond motifs is 1. The maximum atomic E-state index is 12.9. The summed E-state index contributed by atoms with van der Waals surface area (Å²) >= 11 is 0. The van der Waals surface area contributed by atoms with Gasteiger partial charge in [-0.15, -0.1) is 0 Å². The lowest BCUT2D eigenvalue weighted by Gasteiger charge is -2.32. The number of amides is 1. The van der Waals surface area contributed by atoms with E-state index in [9.17, 15) is 9.90 Å². The van der Waals surface area contributed by atoms with Gasteiger partial charge in [0.1, 0.15) is 11.6 Å². The standard InChI is InChI=1S/C29H33N5O3/c1-3-13-34-14-5-6-19(18-34)17-31-28(36)21-8-10-24-25(16-21)33-27(32-24)23-15-20(9-11-26(23)35)22-7-4-12-30-29(22)37-2/h4,7-12,15-16,19,35H,3,5-6,13-14,17-18H2,1-2H3,(H,31,36)(H,32,33). The molecular weight excluding hydrogens is 466 g/mol. The summed E-state index contributed by atoms with van der Waals surface area (Å²) < 4.78 is 5.40. The van der Waals surface area contributed by atoms with Crippen LogP contribution in [0.5, 0.6) is 11.6 Å². The van der Waals surface area contributed by atoms with E-state index in [2.05, 4.69) is 32.1 Å². The molecule has 1 fully saturated rings. The summed E-state index contributed by atoms with van der Waals surface area (Å²) in [6, 6.07) is 14.5. The molecule has 0 bridgehead atoms. The Morgan fingerprint density at radius 2 is 2.11 bits per heavy atom. The van der Waals surface area contributed by atoms with Gasteiger partial charge in [-0.3, -0.25) is 4.79 Å². The van der Waals surface area contributed by atoms with Crippen LogP contribution in [-0.2, 0) is 0 Å². The zero-order valence-corrected chi connectivity index (χ0v) is 21.3. The Kier molecular flexibility index (Phi) is 7.37. The highest BCUT2D eigenvalue weighted by Gasteiger charge is 2.20. The average molecular weight is 500 g/mol. The number of benzene rings is 2. The zero-order chi connectivity index (χ0) is 25.8. The van der Waals surface area contributed by atoms with Crippen LogP contribution in [-0.4, -0.2) is 64.2 Å². The Morgan fingerprint density at radius 3 is 2.95 bits per heavy atom. The van der Waals surface area contributed by atoms with Crippen LogP contribution in [0, 0.1) is 5.92 Å². The van der Waals surface area contributed by atoms with E-state index in [4.69, 9.17) is 4.74 Å². The van der Waals surface area contributed by atoms with E-state index in [1.807, 2.05) is 36.4 Å². The molecule has 4 aromatic rings. The number of hydrogen-bond acceptors (Lipinski definition) is 6. The summed E-state index contributed by atoms with van der Waals surface area (Å²) in [6.45, 7) is 6.22. The Labute approximate surface area is 216 Å². The maximum absolute atomic E-state index is 12.9. The fourth-order valence-corrected chi connectivity index (χ4v) is 5.12. The second-order valence-electron chi connectivity index (χ2n) is 9.63. The molecule has 2 aromatic carbocycles. The quantitative estimate of drug-likeness (QED) is 0.320. The van der Waals surface area contributed by atoms with Gasteiger partial charge in [-0.2, -0.15) is 0 Å². The molecule has 3 N–H and O–H groups in total. The average Bonchev–Trinajstić information content (AvgIpc) is 3.35. The number of aromatic hydroxyl groups is 1. The van der Waals surface area contributed by atoms with Gasteiger partial charge in [-0.05, 0) is 86.3 Å². The van der Waals surface area contributed by atoms with Crippen LogP contribution >= 0.6 is 0 Å². The Hall–Kier alpha value is -3.91.